The molecule has 0 radical (unpaired) electrons. The van der Waals surface area contributed by atoms with Crippen molar-refractivity contribution in [3.05, 3.63) is 40.6 Å². The van der Waals surface area contributed by atoms with Gasteiger partial charge in [0.1, 0.15) is 23.6 Å². The number of rotatable bonds is 3. The van der Waals surface area contributed by atoms with E-state index in [9.17, 15) is 9.59 Å². The lowest BCUT2D eigenvalue weighted by Gasteiger charge is -2.32. The zero-order chi connectivity index (χ0) is 17.9. The van der Waals surface area contributed by atoms with Gasteiger partial charge in [0.2, 0.25) is 0 Å². The molecule has 2 aromatic heterocycles. The molecular formula is C17H21N5O4. The first kappa shape index (κ1) is 16.8. The first-order chi connectivity index (χ1) is 12.7. The van der Waals surface area contributed by atoms with Crippen LogP contribution >= 0.6 is 0 Å². The highest BCUT2D eigenvalue weighted by atomic mass is 16.5. The van der Waals surface area contributed by atoms with Crippen LogP contribution in [0.5, 0.6) is 0 Å². The smallest absolute Gasteiger partial charge is 0.416 e. The van der Waals surface area contributed by atoms with E-state index in [4.69, 9.17) is 9.72 Å². The van der Waals surface area contributed by atoms with Gasteiger partial charge in [-0.05, 0) is 18.9 Å². The zero-order valence-corrected chi connectivity index (χ0v) is 14.4. The average Bonchev–Trinajstić information content (AvgIpc) is 3.15. The molecule has 4 rings (SSSR count). The van der Waals surface area contributed by atoms with Crippen molar-refractivity contribution in [2.75, 3.05) is 44.3 Å². The van der Waals surface area contributed by atoms with Crippen LogP contribution in [-0.4, -0.2) is 65.2 Å². The van der Waals surface area contributed by atoms with Crippen LogP contribution in [0.4, 0.5) is 5.82 Å². The van der Waals surface area contributed by atoms with Gasteiger partial charge in [-0.2, -0.15) is 0 Å². The summed E-state index contributed by atoms with van der Waals surface area (Å²) in [6.45, 7) is 4.31. The quantitative estimate of drug-likeness (QED) is 0.856. The number of oxazole rings is 1. The summed E-state index contributed by atoms with van der Waals surface area (Å²) in [5, 5.41) is 0. The fraction of sp³-hybridized carbons (Fsp3) is 0.529. The number of likely N-dealkylation sites (tertiary alicyclic amines) is 1. The monoisotopic (exact) mass is 359 g/mol. The molecule has 2 fully saturated rings. The number of aromatic nitrogens is 3. The number of nitrogens with one attached hydrogen (secondary N) is 1. The van der Waals surface area contributed by atoms with Crippen LogP contribution in [0.15, 0.2) is 27.7 Å². The van der Waals surface area contributed by atoms with E-state index < -0.39 is 5.76 Å². The molecule has 2 saturated heterocycles. The van der Waals surface area contributed by atoms with Gasteiger partial charge >= 0.3 is 5.76 Å². The highest BCUT2D eigenvalue weighted by Gasteiger charge is 2.27. The van der Waals surface area contributed by atoms with Crippen molar-refractivity contribution in [3.8, 4) is 0 Å². The van der Waals surface area contributed by atoms with E-state index in [1.165, 1.54) is 6.26 Å². The van der Waals surface area contributed by atoms with Crippen LogP contribution in [-0.2, 0) is 4.74 Å². The molecule has 2 aliphatic rings. The number of amides is 1. The summed E-state index contributed by atoms with van der Waals surface area (Å²) in [5.74, 6) is 1.17. The van der Waals surface area contributed by atoms with E-state index in [-0.39, 0.29) is 17.5 Å². The number of nitrogens with zero attached hydrogens (tertiary/aromatic N) is 4. The second-order valence-electron chi connectivity index (χ2n) is 6.50. The number of H-pyrrole nitrogens is 1. The predicted octanol–water partition coefficient (Wildman–Crippen LogP) is 0.614. The van der Waals surface area contributed by atoms with E-state index in [0.717, 1.165) is 50.8 Å². The molecule has 0 aliphatic carbocycles. The summed E-state index contributed by atoms with van der Waals surface area (Å²) in [6, 6.07) is 1.93. The number of ether oxygens (including phenoxy) is 1. The number of carbonyl (C=O) groups excluding carboxylic acids is 1. The lowest BCUT2D eigenvalue weighted by molar-refractivity contribution is 0.0705. The molecule has 2 aliphatic heterocycles. The zero-order valence-electron chi connectivity index (χ0n) is 14.4. The fourth-order valence-corrected chi connectivity index (χ4v) is 3.43. The second kappa shape index (κ2) is 7.28. The molecule has 9 nitrogen and oxygen atoms in total. The molecule has 1 N–H and O–H groups in total. The molecule has 4 heterocycles. The van der Waals surface area contributed by atoms with Crippen LogP contribution in [0.3, 0.4) is 0 Å². The highest BCUT2D eigenvalue weighted by Crippen LogP contribution is 2.27. The molecule has 0 atom stereocenters. The minimum atomic E-state index is -0.614. The maximum atomic E-state index is 12.4. The molecule has 0 bridgehead atoms. The summed E-state index contributed by atoms with van der Waals surface area (Å²) in [7, 11) is 0. The van der Waals surface area contributed by atoms with Gasteiger partial charge in [0.15, 0.2) is 0 Å². The number of hydrogen-bond donors (Lipinski definition) is 1. The average molecular weight is 359 g/mol. The van der Waals surface area contributed by atoms with E-state index in [2.05, 4.69) is 19.3 Å². The van der Waals surface area contributed by atoms with Crippen LogP contribution in [0.1, 0.15) is 35.1 Å². The summed E-state index contributed by atoms with van der Waals surface area (Å²) in [6.07, 6.45) is 4.56. The third-order valence-electron chi connectivity index (χ3n) is 4.89. The topological polar surface area (TPSA) is 105 Å². The minimum absolute atomic E-state index is 0.194. The van der Waals surface area contributed by atoms with Crippen molar-refractivity contribution in [2.24, 2.45) is 0 Å². The van der Waals surface area contributed by atoms with Crippen molar-refractivity contribution in [1.82, 2.24) is 19.9 Å². The number of aromatic amines is 1. The molecule has 0 unspecified atom stereocenters. The summed E-state index contributed by atoms with van der Waals surface area (Å²) >= 11 is 0. The van der Waals surface area contributed by atoms with Crippen LogP contribution < -0.4 is 10.7 Å². The summed E-state index contributed by atoms with van der Waals surface area (Å²) in [5.41, 5.74) is 0.194. The molecule has 26 heavy (non-hydrogen) atoms. The molecule has 0 saturated carbocycles. The number of hydrogen-bond acceptors (Lipinski definition) is 7. The van der Waals surface area contributed by atoms with Gasteiger partial charge in [-0.3, -0.25) is 9.78 Å². The Hall–Kier alpha value is -2.68. The van der Waals surface area contributed by atoms with E-state index in [0.29, 0.717) is 13.1 Å². The van der Waals surface area contributed by atoms with Gasteiger partial charge in [-0.1, -0.05) is 0 Å². The molecule has 138 valence electrons. The standard InChI is InChI=1S/C17H21N5O4/c23-16(13-11-26-17(24)19-13)22-5-2-12(3-6-22)15-18-4-1-14(20-15)21-7-9-25-10-8-21/h1,4,11-12H,2-3,5-10H2,(H,19,24). The summed E-state index contributed by atoms with van der Waals surface area (Å²) < 4.78 is 10.0. The van der Waals surface area contributed by atoms with Crippen LogP contribution in [0.25, 0.3) is 0 Å². The Morgan fingerprint density at radius 2 is 1.96 bits per heavy atom. The van der Waals surface area contributed by atoms with E-state index >= 15 is 0 Å². The fourth-order valence-electron chi connectivity index (χ4n) is 3.43. The largest absolute Gasteiger partial charge is 0.416 e. The van der Waals surface area contributed by atoms with Crippen LogP contribution in [0.2, 0.25) is 0 Å². The maximum absolute atomic E-state index is 12.4. The molecule has 1 amide bonds. The minimum Gasteiger partial charge on any atom is -0.416 e. The Balaban J connectivity index is 1.40. The van der Waals surface area contributed by atoms with Gasteiger partial charge in [0, 0.05) is 38.3 Å². The van der Waals surface area contributed by atoms with Crippen molar-refractivity contribution < 1.29 is 13.9 Å². The molecule has 2 aromatic rings. The van der Waals surface area contributed by atoms with E-state index in [1.807, 2.05) is 6.07 Å². The van der Waals surface area contributed by atoms with Crippen molar-refractivity contribution in [3.63, 3.8) is 0 Å². The Labute approximate surface area is 150 Å². The van der Waals surface area contributed by atoms with E-state index in [1.54, 1.807) is 11.1 Å². The van der Waals surface area contributed by atoms with Crippen molar-refractivity contribution in [1.29, 1.82) is 0 Å². The molecule has 0 spiro atoms. The molecular weight excluding hydrogens is 338 g/mol. The SMILES string of the molecule is O=C(c1coc(=O)[nH]1)N1CCC(c2nccc(N3CCOCC3)n2)CC1. The third-order valence-corrected chi connectivity index (χ3v) is 4.89. The maximum Gasteiger partial charge on any atom is 0.416 e. The Bertz CT molecular complexity index is 818. The molecule has 0 aromatic carbocycles. The van der Waals surface area contributed by atoms with Crippen molar-refractivity contribution in [2.45, 2.75) is 18.8 Å². The van der Waals surface area contributed by atoms with Gasteiger partial charge in [-0.25, -0.2) is 14.8 Å². The molecule has 9 heteroatoms. The van der Waals surface area contributed by atoms with Gasteiger partial charge in [-0.15, -0.1) is 0 Å². The number of morpholine rings is 1. The Morgan fingerprint density at radius 3 is 2.65 bits per heavy atom. The number of carbonyl (C=O) groups is 1. The van der Waals surface area contributed by atoms with Gasteiger partial charge in [0.25, 0.3) is 5.91 Å². The summed E-state index contributed by atoms with van der Waals surface area (Å²) in [4.78, 5) is 39.0. The predicted molar refractivity (Wildman–Crippen MR) is 92.3 cm³/mol. The first-order valence-electron chi connectivity index (χ1n) is 8.83. The Morgan fingerprint density at radius 1 is 1.19 bits per heavy atom. The first-order valence-corrected chi connectivity index (χ1v) is 8.83. The third kappa shape index (κ3) is 3.48. The number of anilines is 1. The highest BCUT2D eigenvalue weighted by molar-refractivity contribution is 5.91. The van der Waals surface area contributed by atoms with Gasteiger partial charge < -0.3 is 19.0 Å². The normalized spacial score (nSPS) is 18.9. The van der Waals surface area contributed by atoms with Crippen molar-refractivity contribution >= 4 is 11.7 Å². The van der Waals surface area contributed by atoms with Gasteiger partial charge in [0.05, 0.1) is 13.2 Å². The second-order valence-corrected chi connectivity index (χ2v) is 6.50. The lowest BCUT2D eigenvalue weighted by Crippen LogP contribution is -2.39. The Kier molecular flexibility index (Phi) is 4.70. The lowest BCUT2D eigenvalue weighted by atomic mass is 9.95. The number of piperidine rings is 1. The van der Waals surface area contributed by atoms with Crippen LogP contribution in [0, 0.1) is 0 Å².